The third-order valence-electron chi connectivity index (χ3n) is 4.26. The third-order valence-corrected chi connectivity index (χ3v) is 4.26. The molecule has 6 heteroatoms. The zero-order valence-electron chi connectivity index (χ0n) is 16.2. The van der Waals surface area contributed by atoms with E-state index < -0.39 is 0 Å². The molecule has 5 nitrogen and oxygen atoms in total. The predicted octanol–water partition coefficient (Wildman–Crippen LogP) is 4.59. The number of carbonyl (C=O) groups excluding carboxylic acids is 1. The molecule has 0 spiro atoms. The van der Waals surface area contributed by atoms with Crippen LogP contribution >= 0.6 is 0 Å². The number of hydrogen-bond acceptors (Lipinski definition) is 4. The van der Waals surface area contributed by atoms with Gasteiger partial charge >= 0.3 is 0 Å². The lowest BCUT2D eigenvalue weighted by Gasteiger charge is -2.19. The molecule has 0 aliphatic rings. The molecule has 1 aromatic heterocycles. The fourth-order valence-electron chi connectivity index (χ4n) is 2.60. The van der Waals surface area contributed by atoms with E-state index in [1.807, 2.05) is 12.1 Å². The zero-order chi connectivity index (χ0) is 20.1. The summed E-state index contributed by atoms with van der Waals surface area (Å²) in [5.74, 6) is -0.284. The first-order valence-corrected chi connectivity index (χ1v) is 9.04. The zero-order valence-corrected chi connectivity index (χ0v) is 16.2. The molecule has 28 heavy (non-hydrogen) atoms. The molecular weight excluding hydrogens is 355 g/mol. The molecule has 0 aliphatic carbocycles. The Morgan fingerprint density at radius 3 is 2.32 bits per heavy atom. The smallest absolute Gasteiger partial charge is 0.270 e. The van der Waals surface area contributed by atoms with Gasteiger partial charge in [-0.2, -0.15) is 0 Å². The lowest BCUT2D eigenvalue weighted by Crippen LogP contribution is -2.24. The number of nitrogens with zero attached hydrogens (tertiary/aromatic N) is 2. The van der Waals surface area contributed by atoms with Crippen molar-refractivity contribution in [1.29, 1.82) is 0 Å². The molecule has 1 amide bonds. The lowest BCUT2D eigenvalue weighted by molar-refractivity contribution is 0.0946. The molecular formula is C22H23FN4O. The van der Waals surface area contributed by atoms with E-state index >= 15 is 0 Å². The number of rotatable bonds is 5. The van der Waals surface area contributed by atoms with Crippen LogP contribution in [0.5, 0.6) is 0 Å². The van der Waals surface area contributed by atoms with E-state index in [4.69, 9.17) is 0 Å². The van der Waals surface area contributed by atoms with E-state index in [-0.39, 0.29) is 22.8 Å². The van der Waals surface area contributed by atoms with Crippen LogP contribution in [-0.4, -0.2) is 15.9 Å². The highest BCUT2D eigenvalue weighted by atomic mass is 19.1. The molecule has 0 aliphatic heterocycles. The van der Waals surface area contributed by atoms with Crippen LogP contribution in [0.2, 0.25) is 0 Å². The second-order valence-corrected chi connectivity index (χ2v) is 7.53. The monoisotopic (exact) mass is 378 g/mol. The Morgan fingerprint density at radius 1 is 1.00 bits per heavy atom. The van der Waals surface area contributed by atoms with E-state index in [1.54, 1.807) is 18.2 Å². The second-order valence-electron chi connectivity index (χ2n) is 7.53. The molecule has 144 valence electrons. The minimum Gasteiger partial charge on any atom is -0.347 e. The molecule has 0 unspecified atom stereocenters. The van der Waals surface area contributed by atoms with Gasteiger partial charge < -0.3 is 10.6 Å². The summed E-state index contributed by atoms with van der Waals surface area (Å²) < 4.78 is 12.9. The van der Waals surface area contributed by atoms with Gasteiger partial charge in [0.2, 0.25) is 5.95 Å². The Balaban J connectivity index is 1.64. The highest BCUT2D eigenvalue weighted by Gasteiger charge is 2.13. The topological polar surface area (TPSA) is 66.9 Å². The third kappa shape index (κ3) is 5.13. The van der Waals surface area contributed by atoms with Gasteiger partial charge in [-0.05, 0) is 46.9 Å². The van der Waals surface area contributed by atoms with Gasteiger partial charge in [0.15, 0.2) is 0 Å². The van der Waals surface area contributed by atoms with Crippen molar-refractivity contribution in [2.24, 2.45) is 0 Å². The quantitative estimate of drug-likeness (QED) is 0.682. The standard InChI is InChI=1S/C22H23FN4O/c1-22(2,3)16-6-10-18(11-7-16)26-21-24-13-12-19(27-21)20(28)25-14-15-4-8-17(23)9-5-15/h4-13H,14H2,1-3H3,(H,25,28)(H,24,26,27). The predicted molar refractivity (Wildman–Crippen MR) is 108 cm³/mol. The van der Waals surface area contributed by atoms with Crippen molar-refractivity contribution < 1.29 is 9.18 Å². The summed E-state index contributed by atoms with van der Waals surface area (Å²) in [7, 11) is 0. The van der Waals surface area contributed by atoms with Crippen LogP contribution in [0.1, 0.15) is 42.4 Å². The molecule has 0 saturated carbocycles. The van der Waals surface area contributed by atoms with E-state index in [0.29, 0.717) is 12.5 Å². The molecule has 0 fully saturated rings. The second kappa shape index (κ2) is 8.17. The molecule has 2 N–H and O–H groups in total. The summed E-state index contributed by atoms with van der Waals surface area (Å²) in [6.45, 7) is 6.77. The van der Waals surface area contributed by atoms with E-state index in [2.05, 4.69) is 53.5 Å². The van der Waals surface area contributed by atoms with E-state index in [0.717, 1.165) is 11.3 Å². The highest BCUT2D eigenvalue weighted by Crippen LogP contribution is 2.24. The molecule has 0 saturated heterocycles. The summed E-state index contributed by atoms with van der Waals surface area (Å²) in [5.41, 5.74) is 3.22. The van der Waals surface area contributed by atoms with Crippen molar-refractivity contribution in [2.45, 2.75) is 32.7 Å². The van der Waals surface area contributed by atoms with Gasteiger partial charge in [-0.1, -0.05) is 45.0 Å². The number of carbonyl (C=O) groups is 1. The van der Waals surface area contributed by atoms with Gasteiger partial charge in [0, 0.05) is 18.4 Å². The number of hydrogen-bond donors (Lipinski definition) is 2. The first kappa shape index (κ1) is 19.5. The van der Waals surface area contributed by atoms with Crippen LogP contribution in [0.25, 0.3) is 0 Å². The SMILES string of the molecule is CC(C)(C)c1ccc(Nc2nccc(C(=O)NCc3ccc(F)cc3)n2)cc1. The number of nitrogens with one attached hydrogen (secondary N) is 2. The fraction of sp³-hybridized carbons (Fsp3) is 0.227. The first-order chi connectivity index (χ1) is 13.3. The number of halogens is 1. The minimum atomic E-state index is -0.321. The number of amides is 1. The average molecular weight is 378 g/mol. The molecule has 3 aromatic rings. The van der Waals surface area contributed by atoms with Gasteiger partial charge in [-0.25, -0.2) is 14.4 Å². The van der Waals surface area contributed by atoms with E-state index in [1.165, 1.54) is 23.9 Å². The first-order valence-electron chi connectivity index (χ1n) is 9.04. The van der Waals surface area contributed by atoms with Gasteiger partial charge in [0.1, 0.15) is 11.5 Å². The molecule has 0 atom stereocenters. The largest absolute Gasteiger partial charge is 0.347 e. The van der Waals surface area contributed by atoms with Crippen LogP contribution in [0.4, 0.5) is 16.0 Å². The highest BCUT2D eigenvalue weighted by molar-refractivity contribution is 5.92. The maximum atomic E-state index is 12.9. The molecule has 0 bridgehead atoms. The summed E-state index contributed by atoms with van der Waals surface area (Å²) in [5, 5.41) is 5.88. The molecule has 2 aromatic carbocycles. The van der Waals surface area contributed by atoms with Crippen LogP contribution in [0.3, 0.4) is 0 Å². The molecule has 3 rings (SSSR count). The van der Waals surface area contributed by atoms with Crippen LogP contribution in [0, 0.1) is 5.82 Å². The Kier molecular flexibility index (Phi) is 5.68. The summed E-state index contributed by atoms with van der Waals surface area (Å²) in [4.78, 5) is 20.8. The number of anilines is 2. The van der Waals surface area contributed by atoms with Crippen molar-refractivity contribution in [1.82, 2.24) is 15.3 Å². The van der Waals surface area contributed by atoms with Crippen molar-refractivity contribution in [3.05, 3.63) is 83.4 Å². The molecule has 0 radical (unpaired) electrons. The normalized spacial score (nSPS) is 11.1. The summed E-state index contributed by atoms with van der Waals surface area (Å²) in [6.07, 6.45) is 1.53. The van der Waals surface area contributed by atoms with Crippen LogP contribution < -0.4 is 10.6 Å². The van der Waals surface area contributed by atoms with Gasteiger partial charge in [-0.3, -0.25) is 4.79 Å². The maximum absolute atomic E-state index is 12.9. The maximum Gasteiger partial charge on any atom is 0.270 e. The van der Waals surface area contributed by atoms with Crippen LogP contribution in [-0.2, 0) is 12.0 Å². The van der Waals surface area contributed by atoms with Crippen molar-refractivity contribution in [3.63, 3.8) is 0 Å². The Morgan fingerprint density at radius 2 is 1.68 bits per heavy atom. The Hall–Kier alpha value is -3.28. The molecule has 1 heterocycles. The summed E-state index contributed by atoms with van der Waals surface area (Å²) in [6, 6.07) is 15.6. The van der Waals surface area contributed by atoms with Gasteiger partial charge in [0.05, 0.1) is 0 Å². The minimum absolute atomic E-state index is 0.0809. The van der Waals surface area contributed by atoms with E-state index in [9.17, 15) is 9.18 Å². The van der Waals surface area contributed by atoms with Crippen molar-refractivity contribution in [2.75, 3.05) is 5.32 Å². The number of benzene rings is 2. The van der Waals surface area contributed by atoms with Gasteiger partial charge in [-0.15, -0.1) is 0 Å². The van der Waals surface area contributed by atoms with Crippen molar-refractivity contribution in [3.8, 4) is 0 Å². The Labute approximate surface area is 164 Å². The Bertz CT molecular complexity index is 948. The average Bonchev–Trinajstić information content (AvgIpc) is 2.67. The lowest BCUT2D eigenvalue weighted by atomic mass is 9.87. The van der Waals surface area contributed by atoms with Crippen molar-refractivity contribution >= 4 is 17.5 Å². The van der Waals surface area contributed by atoms with Gasteiger partial charge in [0.25, 0.3) is 5.91 Å². The van der Waals surface area contributed by atoms with Crippen LogP contribution in [0.15, 0.2) is 60.8 Å². The summed E-state index contributed by atoms with van der Waals surface area (Å²) >= 11 is 0. The number of aromatic nitrogens is 2. The fourth-order valence-corrected chi connectivity index (χ4v) is 2.60.